The second kappa shape index (κ2) is 7.64. The number of carbonyl (C=O) groups excluding carboxylic acids is 2. The number of benzene rings is 1. The van der Waals surface area contributed by atoms with Gasteiger partial charge in [0.15, 0.2) is 0 Å². The monoisotopic (exact) mass is 340 g/mol. The van der Waals surface area contributed by atoms with Crippen LogP contribution in [0.4, 0.5) is 10.5 Å². The molecule has 0 radical (unpaired) electrons. The summed E-state index contributed by atoms with van der Waals surface area (Å²) in [6.07, 6.45) is 0.908. The normalized spacial score (nSPS) is 9.75. The smallest absolute Gasteiger partial charge is 0.322 e. The SMILES string of the molecule is CNC(=O)N(CCC=O)C(=N)c1ccc(Br)cc1NC. The Kier molecular flexibility index (Phi) is 6.17. The fourth-order valence-corrected chi connectivity index (χ4v) is 2.07. The van der Waals surface area contributed by atoms with Crippen LogP contribution in [-0.4, -0.2) is 43.7 Å². The van der Waals surface area contributed by atoms with Gasteiger partial charge in [-0.05, 0) is 18.2 Å². The number of aldehydes is 1. The second-order valence-corrected chi connectivity index (χ2v) is 4.87. The molecule has 7 heteroatoms. The van der Waals surface area contributed by atoms with E-state index in [1.807, 2.05) is 6.07 Å². The van der Waals surface area contributed by atoms with Crippen molar-refractivity contribution in [2.75, 3.05) is 26.0 Å². The molecule has 0 fully saturated rings. The fraction of sp³-hybridized carbons (Fsp3) is 0.308. The second-order valence-electron chi connectivity index (χ2n) is 3.95. The molecule has 0 aromatic heterocycles. The molecule has 0 unspecified atom stereocenters. The summed E-state index contributed by atoms with van der Waals surface area (Å²) in [5, 5.41) is 13.7. The van der Waals surface area contributed by atoms with E-state index in [2.05, 4.69) is 26.6 Å². The first-order valence-corrected chi connectivity index (χ1v) is 6.83. The molecule has 0 spiro atoms. The quantitative estimate of drug-likeness (QED) is 0.435. The van der Waals surface area contributed by atoms with Crippen LogP contribution in [0.15, 0.2) is 22.7 Å². The number of carbonyl (C=O) groups is 2. The van der Waals surface area contributed by atoms with Crippen LogP contribution in [0, 0.1) is 5.41 Å². The maximum absolute atomic E-state index is 11.8. The summed E-state index contributed by atoms with van der Waals surface area (Å²) in [6, 6.07) is 4.95. The number of hydrogen-bond donors (Lipinski definition) is 3. The van der Waals surface area contributed by atoms with E-state index in [-0.39, 0.29) is 18.8 Å². The third-order valence-corrected chi connectivity index (χ3v) is 3.20. The molecule has 6 nitrogen and oxygen atoms in total. The fourth-order valence-electron chi connectivity index (χ4n) is 1.71. The van der Waals surface area contributed by atoms with Crippen molar-refractivity contribution >= 4 is 39.8 Å². The molecular weight excluding hydrogens is 324 g/mol. The average molecular weight is 341 g/mol. The average Bonchev–Trinajstić information content (AvgIpc) is 2.46. The molecule has 1 aromatic rings. The molecule has 1 aromatic carbocycles. The Balaban J connectivity index is 3.11. The first-order valence-electron chi connectivity index (χ1n) is 6.04. The van der Waals surface area contributed by atoms with Crippen molar-refractivity contribution in [1.29, 1.82) is 5.41 Å². The van der Waals surface area contributed by atoms with Crippen molar-refractivity contribution in [3.8, 4) is 0 Å². The minimum Gasteiger partial charge on any atom is -0.387 e. The summed E-state index contributed by atoms with van der Waals surface area (Å²) in [4.78, 5) is 23.6. The van der Waals surface area contributed by atoms with Gasteiger partial charge in [-0.25, -0.2) is 4.79 Å². The van der Waals surface area contributed by atoms with E-state index in [0.717, 1.165) is 16.4 Å². The van der Waals surface area contributed by atoms with Crippen molar-refractivity contribution in [1.82, 2.24) is 10.2 Å². The Hall–Kier alpha value is -1.89. The standard InChI is InChI=1S/C13H17BrN4O2/c1-16-11-8-9(14)4-5-10(11)12(15)18(6-3-7-19)13(20)17-2/h4-5,7-8,15-16H,3,6H2,1-2H3,(H,17,20). The molecule has 0 aliphatic rings. The summed E-state index contributed by atoms with van der Waals surface area (Å²) in [7, 11) is 3.23. The van der Waals surface area contributed by atoms with E-state index in [1.165, 1.54) is 11.9 Å². The van der Waals surface area contributed by atoms with Crippen LogP contribution in [0.25, 0.3) is 0 Å². The lowest BCUT2D eigenvalue weighted by Gasteiger charge is -2.23. The van der Waals surface area contributed by atoms with Crippen LogP contribution >= 0.6 is 15.9 Å². The number of nitrogens with zero attached hydrogens (tertiary/aromatic N) is 1. The van der Waals surface area contributed by atoms with Gasteiger partial charge >= 0.3 is 6.03 Å². The van der Waals surface area contributed by atoms with Crippen molar-refractivity contribution in [2.24, 2.45) is 0 Å². The summed E-state index contributed by atoms with van der Waals surface area (Å²) >= 11 is 3.36. The third-order valence-electron chi connectivity index (χ3n) is 2.71. The number of halogens is 1. The number of amidine groups is 1. The summed E-state index contributed by atoms with van der Waals surface area (Å²) < 4.78 is 0.873. The van der Waals surface area contributed by atoms with Crippen molar-refractivity contribution < 1.29 is 9.59 Å². The molecule has 0 atom stereocenters. The van der Waals surface area contributed by atoms with Gasteiger partial charge in [0.05, 0.1) is 0 Å². The number of amides is 2. The molecular formula is C13H17BrN4O2. The van der Waals surface area contributed by atoms with E-state index in [1.54, 1.807) is 19.2 Å². The van der Waals surface area contributed by atoms with Gasteiger partial charge in [0.1, 0.15) is 12.1 Å². The largest absolute Gasteiger partial charge is 0.387 e. The van der Waals surface area contributed by atoms with Crippen LogP contribution in [0.5, 0.6) is 0 Å². The Bertz CT molecular complexity index is 519. The minimum absolute atomic E-state index is 0.0445. The predicted molar refractivity (Wildman–Crippen MR) is 82.4 cm³/mol. The van der Waals surface area contributed by atoms with E-state index in [0.29, 0.717) is 5.56 Å². The molecule has 108 valence electrons. The van der Waals surface area contributed by atoms with E-state index < -0.39 is 6.03 Å². The van der Waals surface area contributed by atoms with Crippen LogP contribution in [-0.2, 0) is 4.79 Å². The van der Waals surface area contributed by atoms with Gasteiger partial charge in [-0.15, -0.1) is 0 Å². The predicted octanol–water partition coefficient (Wildman–Crippen LogP) is 2.05. The van der Waals surface area contributed by atoms with E-state index in [4.69, 9.17) is 5.41 Å². The summed E-state index contributed by atoms with van der Waals surface area (Å²) in [5.74, 6) is 0.0445. The van der Waals surface area contributed by atoms with Crippen LogP contribution in [0.3, 0.4) is 0 Å². The highest BCUT2D eigenvalue weighted by atomic mass is 79.9. The minimum atomic E-state index is -0.415. The van der Waals surface area contributed by atoms with Crippen LogP contribution in [0.2, 0.25) is 0 Å². The van der Waals surface area contributed by atoms with Crippen molar-refractivity contribution in [3.05, 3.63) is 28.2 Å². The Morgan fingerprint density at radius 1 is 1.45 bits per heavy atom. The van der Waals surface area contributed by atoms with Gasteiger partial charge in [0.25, 0.3) is 0 Å². The molecule has 0 bridgehead atoms. The number of anilines is 1. The molecule has 0 aliphatic carbocycles. The molecule has 0 saturated heterocycles. The van der Waals surface area contributed by atoms with Gasteiger partial charge < -0.3 is 15.4 Å². The maximum atomic E-state index is 11.8. The Labute approximate surface area is 126 Å². The lowest BCUT2D eigenvalue weighted by atomic mass is 10.1. The molecule has 2 amide bonds. The Morgan fingerprint density at radius 2 is 2.15 bits per heavy atom. The van der Waals surface area contributed by atoms with Gasteiger partial charge in [0, 0.05) is 42.8 Å². The number of urea groups is 1. The lowest BCUT2D eigenvalue weighted by Crippen LogP contribution is -2.43. The van der Waals surface area contributed by atoms with E-state index >= 15 is 0 Å². The maximum Gasteiger partial charge on any atom is 0.322 e. The number of hydrogen-bond acceptors (Lipinski definition) is 4. The molecule has 1 rings (SSSR count). The zero-order chi connectivity index (χ0) is 15.1. The summed E-state index contributed by atoms with van der Waals surface area (Å²) in [6.45, 7) is 0.168. The zero-order valence-electron chi connectivity index (χ0n) is 11.4. The van der Waals surface area contributed by atoms with E-state index in [9.17, 15) is 9.59 Å². The topological polar surface area (TPSA) is 85.3 Å². The van der Waals surface area contributed by atoms with Crippen LogP contribution < -0.4 is 10.6 Å². The zero-order valence-corrected chi connectivity index (χ0v) is 13.0. The molecule has 0 saturated carbocycles. The van der Waals surface area contributed by atoms with Crippen molar-refractivity contribution in [2.45, 2.75) is 6.42 Å². The summed E-state index contributed by atoms with van der Waals surface area (Å²) in [5.41, 5.74) is 1.31. The first kappa shape index (κ1) is 16.2. The third kappa shape index (κ3) is 3.80. The van der Waals surface area contributed by atoms with Gasteiger partial charge in [0.2, 0.25) is 0 Å². The number of rotatable bonds is 5. The van der Waals surface area contributed by atoms with Gasteiger partial charge in [-0.1, -0.05) is 15.9 Å². The molecule has 0 aliphatic heterocycles. The molecule has 20 heavy (non-hydrogen) atoms. The lowest BCUT2D eigenvalue weighted by molar-refractivity contribution is -0.107. The van der Waals surface area contributed by atoms with Crippen LogP contribution in [0.1, 0.15) is 12.0 Å². The molecule has 0 heterocycles. The Morgan fingerprint density at radius 3 is 2.70 bits per heavy atom. The van der Waals surface area contributed by atoms with Gasteiger partial charge in [-0.2, -0.15) is 0 Å². The van der Waals surface area contributed by atoms with Gasteiger partial charge in [-0.3, -0.25) is 10.3 Å². The highest BCUT2D eigenvalue weighted by Crippen LogP contribution is 2.22. The highest BCUT2D eigenvalue weighted by Gasteiger charge is 2.20. The number of nitrogens with one attached hydrogen (secondary N) is 3. The van der Waals surface area contributed by atoms with Crippen molar-refractivity contribution in [3.63, 3.8) is 0 Å². The molecule has 3 N–H and O–H groups in total. The highest BCUT2D eigenvalue weighted by molar-refractivity contribution is 9.10. The first-order chi connectivity index (χ1) is 9.54.